The molecule has 0 saturated heterocycles. The highest BCUT2D eigenvalue weighted by atomic mass is 19.4. The van der Waals surface area contributed by atoms with Crippen molar-refractivity contribution in [3.8, 4) is 0 Å². The minimum Gasteiger partial charge on any atom is -0.465 e. The largest absolute Gasteiger partial charge is 0.465 e. The summed E-state index contributed by atoms with van der Waals surface area (Å²) < 4.78 is 80.2. The van der Waals surface area contributed by atoms with Crippen molar-refractivity contribution >= 4 is 5.97 Å². The van der Waals surface area contributed by atoms with Crippen molar-refractivity contribution in [1.29, 1.82) is 0 Å². The molecule has 0 radical (unpaired) electrons. The van der Waals surface area contributed by atoms with Crippen LogP contribution in [0.5, 0.6) is 0 Å². The predicted octanol–water partition coefficient (Wildman–Crippen LogP) is 3.91. The number of carbonyl (C=O) groups is 1. The molecule has 0 amide bonds. The number of rotatable bonds is 3. The highest BCUT2D eigenvalue weighted by molar-refractivity contribution is 5.79. The molecule has 1 aromatic carbocycles. The zero-order chi connectivity index (χ0) is 15.6. The Labute approximate surface area is 110 Å². The van der Waals surface area contributed by atoms with Crippen LogP contribution >= 0.6 is 0 Å². The van der Waals surface area contributed by atoms with Gasteiger partial charge in [0.2, 0.25) is 0 Å². The van der Waals surface area contributed by atoms with Gasteiger partial charge in [0.1, 0.15) is 0 Å². The van der Waals surface area contributed by atoms with Crippen molar-refractivity contribution in [3.63, 3.8) is 0 Å². The molecule has 0 N–H and O–H groups in total. The Kier molecular flexibility index (Phi) is 4.67. The quantitative estimate of drug-likeness (QED) is 0.625. The number of benzene rings is 1. The Balaban J connectivity index is 3.25. The van der Waals surface area contributed by atoms with Crippen LogP contribution in [0.2, 0.25) is 0 Å². The molecule has 0 bridgehead atoms. The van der Waals surface area contributed by atoms with Gasteiger partial charge in [-0.05, 0) is 18.6 Å². The number of esters is 1. The van der Waals surface area contributed by atoms with Gasteiger partial charge in [-0.25, -0.2) is 0 Å². The first kappa shape index (κ1) is 16.3. The van der Waals surface area contributed by atoms with Gasteiger partial charge in [0.25, 0.3) is 0 Å². The SMILES string of the molecule is CCOC(=O)C(c1cccc(C(F)(F)F)c1)C(F)(F)F. The molecule has 8 heteroatoms. The number of alkyl halides is 6. The van der Waals surface area contributed by atoms with E-state index in [1.54, 1.807) is 0 Å². The Morgan fingerprint density at radius 3 is 2.25 bits per heavy atom. The fraction of sp³-hybridized carbons (Fsp3) is 0.417. The average molecular weight is 300 g/mol. The highest BCUT2D eigenvalue weighted by Crippen LogP contribution is 2.38. The maximum atomic E-state index is 12.8. The molecule has 20 heavy (non-hydrogen) atoms. The summed E-state index contributed by atoms with van der Waals surface area (Å²) in [4.78, 5) is 11.3. The Bertz CT molecular complexity index is 478. The van der Waals surface area contributed by atoms with Crippen LogP contribution in [0.3, 0.4) is 0 Å². The van der Waals surface area contributed by atoms with Crippen LogP contribution in [-0.4, -0.2) is 18.8 Å². The van der Waals surface area contributed by atoms with E-state index < -0.39 is 35.4 Å². The van der Waals surface area contributed by atoms with Crippen molar-refractivity contribution in [2.24, 2.45) is 0 Å². The molecule has 112 valence electrons. The Morgan fingerprint density at radius 2 is 1.80 bits per heavy atom. The number of ether oxygens (including phenoxy) is 1. The van der Waals surface area contributed by atoms with Gasteiger partial charge in [-0.1, -0.05) is 18.2 Å². The van der Waals surface area contributed by atoms with E-state index in [1.807, 2.05) is 0 Å². The van der Waals surface area contributed by atoms with Gasteiger partial charge in [0.05, 0.1) is 12.2 Å². The summed E-state index contributed by atoms with van der Waals surface area (Å²) in [5.74, 6) is -4.36. The van der Waals surface area contributed by atoms with Crippen molar-refractivity contribution in [2.45, 2.75) is 25.2 Å². The van der Waals surface area contributed by atoms with E-state index in [0.29, 0.717) is 12.1 Å². The zero-order valence-electron chi connectivity index (χ0n) is 10.2. The maximum Gasteiger partial charge on any atom is 0.416 e. The van der Waals surface area contributed by atoms with Crippen molar-refractivity contribution in [1.82, 2.24) is 0 Å². The van der Waals surface area contributed by atoms with E-state index in [1.165, 1.54) is 6.92 Å². The van der Waals surface area contributed by atoms with Crippen molar-refractivity contribution in [3.05, 3.63) is 35.4 Å². The first-order chi connectivity index (χ1) is 9.07. The molecule has 1 aromatic rings. The minimum atomic E-state index is -5.03. The third kappa shape index (κ3) is 3.88. The van der Waals surface area contributed by atoms with Crippen LogP contribution in [0.1, 0.15) is 24.0 Å². The molecule has 0 spiro atoms. The van der Waals surface area contributed by atoms with Crippen molar-refractivity contribution < 1.29 is 35.9 Å². The van der Waals surface area contributed by atoms with E-state index in [9.17, 15) is 31.1 Å². The van der Waals surface area contributed by atoms with Crippen LogP contribution in [0.15, 0.2) is 24.3 Å². The molecule has 0 heterocycles. The molecule has 1 unspecified atom stereocenters. The fourth-order valence-electron chi connectivity index (χ4n) is 1.58. The first-order valence-electron chi connectivity index (χ1n) is 5.48. The fourth-order valence-corrected chi connectivity index (χ4v) is 1.58. The standard InChI is InChI=1S/C12H10F6O2/c1-2-20-10(19)9(12(16,17)18)7-4-3-5-8(6-7)11(13,14)15/h3-6,9H,2H2,1H3. The smallest absolute Gasteiger partial charge is 0.416 e. The number of carbonyl (C=O) groups excluding carboxylic acids is 1. The third-order valence-corrected chi connectivity index (χ3v) is 2.40. The van der Waals surface area contributed by atoms with Crippen LogP contribution < -0.4 is 0 Å². The molecule has 1 rings (SSSR count). The van der Waals surface area contributed by atoms with Gasteiger partial charge in [-0.3, -0.25) is 4.79 Å². The summed E-state index contributed by atoms with van der Waals surface area (Å²) in [5, 5.41) is 0. The predicted molar refractivity (Wildman–Crippen MR) is 56.9 cm³/mol. The van der Waals surface area contributed by atoms with Crippen LogP contribution in [0, 0.1) is 0 Å². The summed E-state index contributed by atoms with van der Waals surface area (Å²) >= 11 is 0. The second-order valence-corrected chi connectivity index (χ2v) is 3.85. The molecule has 0 saturated carbocycles. The van der Waals surface area contributed by atoms with E-state index in [-0.39, 0.29) is 6.61 Å². The summed E-state index contributed by atoms with van der Waals surface area (Å²) in [6.07, 6.45) is -9.82. The number of hydrogen-bond donors (Lipinski definition) is 0. The minimum absolute atomic E-state index is 0.301. The molecule has 0 aliphatic rings. The van der Waals surface area contributed by atoms with Gasteiger partial charge in [0, 0.05) is 0 Å². The lowest BCUT2D eigenvalue weighted by atomic mass is 9.96. The Hall–Kier alpha value is -1.73. The first-order valence-corrected chi connectivity index (χ1v) is 5.48. The molecule has 1 atom stereocenters. The second kappa shape index (κ2) is 5.72. The summed E-state index contributed by atoms with van der Waals surface area (Å²) in [5.41, 5.74) is -2.06. The topological polar surface area (TPSA) is 26.3 Å². The molecule has 2 nitrogen and oxygen atoms in total. The maximum absolute atomic E-state index is 12.8. The van der Waals surface area contributed by atoms with Gasteiger partial charge in [-0.2, -0.15) is 26.3 Å². The van der Waals surface area contributed by atoms with E-state index in [2.05, 4.69) is 4.74 Å². The van der Waals surface area contributed by atoms with Crippen molar-refractivity contribution in [2.75, 3.05) is 6.61 Å². The van der Waals surface area contributed by atoms with Crippen LogP contribution in [0.25, 0.3) is 0 Å². The molecular formula is C12H10F6O2. The van der Waals surface area contributed by atoms with Gasteiger partial charge in [-0.15, -0.1) is 0 Å². The Morgan fingerprint density at radius 1 is 1.20 bits per heavy atom. The summed E-state index contributed by atoms with van der Waals surface area (Å²) in [7, 11) is 0. The lowest BCUT2D eigenvalue weighted by Gasteiger charge is -2.20. The molecular weight excluding hydrogens is 290 g/mol. The molecule has 0 aromatic heterocycles. The monoisotopic (exact) mass is 300 g/mol. The summed E-state index contributed by atoms with van der Waals surface area (Å²) in [6.45, 7) is 1.00. The second-order valence-electron chi connectivity index (χ2n) is 3.85. The summed E-state index contributed by atoms with van der Waals surface area (Å²) in [6, 6.07) is 2.55. The van der Waals surface area contributed by atoms with Crippen LogP contribution in [0.4, 0.5) is 26.3 Å². The molecule has 0 aliphatic heterocycles. The van der Waals surface area contributed by atoms with E-state index in [4.69, 9.17) is 0 Å². The normalized spacial score (nSPS) is 13.9. The van der Waals surface area contributed by atoms with Gasteiger partial charge < -0.3 is 4.74 Å². The third-order valence-electron chi connectivity index (χ3n) is 2.40. The number of hydrogen-bond acceptors (Lipinski definition) is 2. The van der Waals surface area contributed by atoms with Gasteiger partial charge in [0.15, 0.2) is 5.92 Å². The lowest BCUT2D eigenvalue weighted by Crippen LogP contribution is -2.30. The molecule has 0 aliphatic carbocycles. The number of halogens is 6. The van der Waals surface area contributed by atoms with E-state index in [0.717, 1.165) is 12.1 Å². The molecule has 0 fully saturated rings. The van der Waals surface area contributed by atoms with Crippen LogP contribution in [-0.2, 0) is 15.7 Å². The zero-order valence-corrected chi connectivity index (χ0v) is 10.2. The van der Waals surface area contributed by atoms with E-state index >= 15 is 0 Å². The van der Waals surface area contributed by atoms with Gasteiger partial charge >= 0.3 is 18.3 Å². The average Bonchev–Trinajstić information content (AvgIpc) is 2.26. The highest BCUT2D eigenvalue weighted by Gasteiger charge is 2.47. The lowest BCUT2D eigenvalue weighted by molar-refractivity contribution is -0.181.